The highest BCUT2D eigenvalue weighted by Gasteiger charge is 2.16. The van der Waals surface area contributed by atoms with E-state index in [1.807, 2.05) is 24.3 Å². The van der Waals surface area contributed by atoms with Crippen molar-refractivity contribution in [1.29, 1.82) is 0 Å². The molecule has 1 aliphatic heterocycles. The number of amides is 1. The molecular formula is C19H20Cl2N2O3. The van der Waals surface area contributed by atoms with Crippen LogP contribution in [0.5, 0.6) is 5.75 Å². The molecule has 2 aromatic carbocycles. The number of rotatable bonds is 7. The molecule has 1 saturated heterocycles. The zero-order chi connectivity index (χ0) is 18.4. The van der Waals surface area contributed by atoms with Crippen molar-refractivity contribution in [2.75, 3.05) is 30.4 Å². The van der Waals surface area contributed by atoms with Gasteiger partial charge in [0.15, 0.2) is 0 Å². The van der Waals surface area contributed by atoms with Gasteiger partial charge in [0.2, 0.25) is 5.91 Å². The Balaban J connectivity index is 1.48. The Hall–Kier alpha value is -1.95. The Morgan fingerprint density at radius 2 is 2.04 bits per heavy atom. The normalized spacial score (nSPS) is 16.3. The molecular weight excluding hydrogens is 375 g/mol. The van der Waals surface area contributed by atoms with Crippen LogP contribution in [-0.4, -0.2) is 31.8 Å². The summed E-state index contributed by atoms with van der Waals surface area (Å²) in [4.78, 5) is 12.1. The van der Waals surface area contributed by atoms with Crippen molar-refractivity contribution in [1.82, 2.24) is 0 Å². The van der Waals surface area contributed by atoms with Crippen LogP contribution in [0.2, 0.25) is 10.0 Å². The quantitative estimate of drug-likeness (QED) is 0.719. The van der Waals surface area contributed by atoms with E-state index in [1.165, 1.54) is 0 Å². The summed E-state index contributed by atoms with van der Waals surface area (Å²) in [6, 6.07) is 12.5. The zero-order valence-corrected chi connectivity index (χ0v) is 15.6. The van der Waals surface area contributed by atoms with Crippen LogP contribution < -0.4 is 15.4 Å². The first-order valence-corrected chi connectivity index (χ1v) is 9.19. The van der Waals surface area contributed by atoms with Gasteiger partial charge in [-0.2, -0.15) is 0 Å². The van der Waals surface area contributed by atoms with Gasteiger partial charge in [0.1, 0.15) is 12.4 Å². The Labute approximate surface area is 162 Å². The monoisotopic (exact) mass is 394 g/mol. The lowest BCUT2D eigenvalue weighted by Crippen LogP contribution is -2.21. The van der Waals surface area contributed by atoms with Crippen LogP contribution in [0.25, 0.3) is 0 Å². The van der Waals surface area contributed by atoms with E-state index in [0.29, 0.717) is 22.3 Å². The lowest BCUT2D eigenvalue weighted by Gasteiger charge is -2.13. The standard InChI is InChI=1S/C19H20Cl2N2O3/c20-17-7-6-14(10-18(17)21)23-19(24)11-22-13-3-1-4-15(9-13)26-12-16-5-2-8-25-16/h1,3-4,6-7,9-10,16,22H,2,5,8,11-12H2,(H,23,24). The number of ether oxygens (including phenoxy) is 2. The van der Waals surface area contributed by atoms with Crippen LogP contribution in [0.1, 0.15) is 12.8 Å². The molecule has 0 saturated carbocycles. The fourth-order valence-electron chi connectivity index (χ4n) is 2.62. The summed E-state index contributed by atoms with van der Waals surface area (Å²) in [7, 11) is 0. The van der Waals surface area contributed by atoms with Crippen molar-refractivity contribution in [2.24, 2.45) is 0 Å². The number of nitrogens with one attached hydrogen (secondary N) is 2. The molecule has 1 amide bonds. The summed E-state index contributed by atoms with van der Waals surface area (Å²) >= 11 is 11.8. The Morgan fingerprint density at radius 3 is 2.81 bits per heavy atom. The number of hydrogen-bond acceptors (Lipinski definition) is 4. The molecule has 1 atom stereocenters. The molecule has 5 nitrogen and oxygen atoms in total. The van der Waals surface area contributed by atoms with Crippen LogP contribution in [-0.2, 0) is 9.53 Å². The first-order valence-electron chi connectivity index (χ1n) is 8.43. The molecule has 138 valence electrons. The summed E-state index contributed by atoms with van der Waals surface area (Å²) < 4.78 is 11.3. The van der Waals surface area contributed by atoms with Gasteiger partial charge in [-0.25, -0.2) is 0 Å². The second-order valence-corrected chi connectivity index (χ2v) is 6.82. The van der Waals surface area contributed by atoms with Crippen LogP contribution in [0, 0.1) is 0 Å². The summed E-state index contributed by atoms with van der Waals surface area (Å²) in [6.45, 7) is 1.47. The van der Waals surface area contributed by atoms with E-state index in [4.69, 9.17) is 32.7 Å². The molecule has 1 heterocycles. The minimum absolute atomic E-state index is 0.120. The first-order chi connectivity index (χ1) is 12.6. The Bertz CT molecular complexity index is 764. The van der Waals surface area contributed by atoms with E-state index >= 15 is 0 Å². The van der Waals surface area contributed by atoms with Crippen molar-refractivity contribution in [3.05, 3.63) is 52.5 Å². The maximum Gasteiger partial charge on any atom is 0.243 e. The molecule has 2 aromatic rings. The van der Waals surface area contributed by atoms with Gasteiger partial charge in [0.25, 0.3) is 0 Å². The van der Waals surface area contributed by atoms with Crippen molar-refractivity contribution in [3.63, 3.8) is 0 Å². The van der Waals surface area contributed by atoms with Gasteiger partial charge in [-0.1, -0.05) is 29.3 Å². The third-order valence-corrected chi connectivity index (χ3v) is 4.69. The largest absolute Gasteiger partial charge is 0.491 e. The maximum atomic E-state index is 12.1. The molecule has 0 aliphatic carbocycles. The predicted octanol–water partition coefficient (Wildman–Crippen LogP) is 4.60. The topological polar surface area (TPSA) is 59.6 Å². The molecule has 0 aromatic heterocycles. The SMILES string of the molecule is O=C(CNc1cccc(OCC2CCCO2)c1)Nc1ccc(Cl)c(Cl)c1. The fraction of sp³-hybridized carbons (Fsp3) is 0.316. The zero-order valence-electron chi connectivity index (χ0n) is 14.1. The number of benzene rings is 2. The highest BCUT2D eigenvalue weighted by atomic mass is 35.5. The van der Waals surface area contributed by atoms with E-state index in [1.54, 1.807) is 18.2 Å². The van der Waals surface area contributed by atoms with Crippen LogP contribution in [0.15, 0.2) is 42.5 Å². The van der Waals surface area contributed by atoms with Gasteiger partial charge in [0.05, 0.1) is 22.7 Å². The van der Waals surface area contributed by atoms with Gasteiger partial charge < -0.3 is 20.1 Å². The van der Waals surface area contributed by atoms with E-state index in [2.05, 4.69) is 10.6 Å². The summed E-state index contributed by atoms with van der Waals surface area (Å²) in [6.07, 6.45) is 2.29. The maximum absolute atomic E-state index is 12.1. The van der Waals surface area contributed by atoms with E-state index in [9.17, 15) is 4.79 Å². The average Bonchev–Trinajstić information content (AvgIpc) is 3.15. The van der Waals surface area contributed by atoms with Gasteiger partial charge in [-0.15, -0.1) is 0 Å². The van der Waals surface area contributed by atoms with Crippen molar-refractivity contribution >= 4 is 40.5 Å². The van der Waals surface area contributed by atoms with E-state index in [0.717, 1.165) is 30.9 Å². The number of hydrogen-bond donors (Lipinski definition) is 2. The molecule has 1 fully saturated rings. The second-order valence-electron chi connectivity index (χ2n) is 6.00. The van der Waals surface area contributed by atoms with E-state index in [-0.39, 0.29) is 18.6 Å². The van der Waals surface area contributed by atoms with Gasteiger partial charge in [0, 0.05) is 24.0 Å². The van der Waals surface area contributed by atoms with Crippen molar-refractivity contribution < 1.29 is 14.3 Å². The molecule has 1 aliphatic rings. The number of carbonyl (C=O) groups excluding carboxylic acids is 1. The van der Waals surface area contributed by atoms with E-state index < -0.39 is 0 Å². The molecule has 0 spiro atoms. The molecule has 1 unspecified atom stereocenters. The van der Waals surface area contributed by atoms with Crippen molar-refractivity contribution in [2.45, 2.75) is 18.9 Å². The molecule has 3 rings (SSSR count). The Kier molecular flexibility index (Phi) is 6.61. The third-order valence-electron chi connectivity index (χ3n) is 3.95. The van der Waals surface area contributed by atoms with Gasteiger partial charge >= 0.3 is 0 Å². The Morgan fingerprint density at radius 1 is 1.15 bits per heavy atom. The smallest absolute Gasteiger partial charge is 0.243 e. The highest BCUT2D eigenvalue weighted by molar-refractivity contribution is 6.42. The number of anilines is 2. The summed E-state index contributed by atoms with van der Waals surface area (Å²) in [5, 5.41) is 6.69. The molecule has 2 N–H and O–H groups in total. The molecule has 0 bridgehead atoms. The average molecular weight is 395 g/mol. The number of halogens is 2. The van der Waals surface area contributed by atoms with Crippen LogP contribution >= 0.6 is 23.2 Å². The van der Waals surface area contributed by atoms with Gasteiger partial charge in [-0.05, 0) is 43.2 Å². The molecule has 7 heteroatoms. The predicted molar refractivity (Wildman–Crippen MR) is 104 cm³/mol. The third kappa shape index (κ3) is 5.53. The fourth-order valence-corrected chi connectivity index (χ4v) is 2.92. The summed E-state index contributed by atoms with van der Waals surface area (Å²) in [5.41, 5.74) is 1.40. The molecule has 26 heavy (non-hydrogen) atoms. The summed E-state index contributed by atoms with van der Waals surface area (Å²) in [5.74, 6) is 0.560. The number of carbonyl (C=O) groups is 1. The first kappa shape index (κ1) is 18.8. The highest BCUT2D eigenvalue weighted by Crippen LogP contribution is 2.25. The van der Waals surface area contributed by atoms with Crippen LogP contribution in [0.3, 0.4) is 0 Å². The minimum atomic E-state index is -0.186. The lowest BCUT2D eigenvalue weighted by atomic mass is 10.2. The lowest BCUT2D eigenvalue weighted by molar-refractivity contribution is -0.114. The van der Waals surface area contributed by atoms with Crippen LogP contribution in [0.4, 0.5) is 11.4 Å². The van der Waals surface area contributed by atoms with Gasteiger partial charge in [-0.3, -0.25) is 4.79 Å². The minimum Gasteiger partial charge on any atom is -0.491 e. The molecule has 0 radical (unpaired) electrons. The van der Waals surface area contributed by atoms with Crippen molar-refractivity contribution in [3.8, 4) is 5.75 Å². The second kappa shape index (κ2) is 9.12.